The van der Waals surface area contributed by atoms with E-state index in [2.05, 4.69) is 12.1 Å². The number of aryl methyl sites for hydroxylation is 1. The lowest BCUT2D eigenvalue weighted by molar-refractivity contribution is 0.0714. The normalized spacial score (nSPS) is 20.2. The molecule has 0 saturated carbocycles. The molecule has 1 aliphatic heterocycles. The Labute approximate surface area is 158 Å². The summed E-state index contributed by atoms with van der Waals surface area (Å²) < 4.78 is 29.6. The first-order valence-electron chi connectivity index (χ1n) is 8.92. The first-order valence-corrected chi connectivity index (χ1v) is 13.9. The summed E-state index contributed by atoms with van der Waals surface area (Å²) >= 11 is 5.98. The van der Waals surface area contributed by atoms with Crippen molar-refractivity contribution in [2.75, 3.05) is 25.3 Å². The van der Waals surface area contributed by atoms with Gasteiger partial charge in [-0.25, -0.2) is 0 Å². The highest BCUT2D eigenvalue weighted by atomic mass is 35.5. The number of benzene rings is 1. The topological polar surface area (TPSA) is 46.2 Å². The Morgan fingerprint density at radius 1 is 1.12 bits per heavy atom. The van der Waals surface area contributed by atoms with Crippen molar-refractivity contribution in [3.63, 3.8) is 0 Å². The van der Waals surface area contributed by atoms with Crippen LogP contribution in [-0.2, 0) is 30.7 Å². The Hall–Kier alpha value is -0.416. The molecule has 5 nitrogen and oxygen atoms in total. The molecule has 0 saturated heterocycles. The molecule has 8 heteroatoms. The maximum atomic E-state index is 6.00. The molecule has 0 aromatic heterocycles. The van der Waals surface area contributed by atoms with Gasteiger partial charge in [0.15, 0.2) is 0 Å². The summed E-state index contributed by atoms with van der Waals surface area (Å²) in [6, 6.07) is 7.02. The van der Waals surface area contributed by atoms with E-state index >= 15 is 0 Å². The Kier molecular flexibility index (Phi) is 7.94. The van der Waals surface area contributed by atoms with E-state index in [1.807, 2.05) is 33.4 Å². The van der Waals surface area contributed by atoms with Crippen molar-refractivity contribution in [3.8, 4) is 5.75 Å². The predicted octanol–water partition coefficient (Wildman–Crippen LogP) is 4.04. The number of halogens is 1. The lowest BCUT2D eigenvalue weighted by Gasteiger charge is -2.32. The molecule has 25 heavy (non-hydrogen) atoms. The minimum absolute atomic E-state index is 0.430. The van der Waals surface area contributed by atoms with Gasteiger partial charge in [0.25, 0.3) is 0 Å². The number of hydrogen-bond donors (Lipinski definition) is 0. The van der Waals surface area contributed by atoms with Gasteiger partial charge >= 0.3 is 17.4 Å². The highest BCUT2D eigenvalue weighted by molar-refractivity contribution is 6.74. The quantitative estimate of drug-likeness (QED) is 0.435. The largest absolute Gasteiger partial charge is 0.519 e. The predicted molar refractivity (Wildman–Crippen MR) is 103 cm³/mol. The van der Waals surface area contributed by atoms with Crippen molar-refractivity contribution in [1.82, 2.24) is 0 Å². The molecular weight excluding hydrogens is 376 g/mol. The van der Waals surface area contributed by atoms with Crippen LogP contribution < -0.4 is 4.43 Å². The van der Waals surface area contributed by atoms with E-state index < -0.39 is 17.4 Å². The molecule has 0 fully saturated rings. The molecule has 1 aromatic rings. The van der Waals surface area contributed by atoms with E-state index in [0.29, 0.717) is 31.9 Å². The zero-order valence-electron chi connectivity index (χ0n) is 15.6. The number of rotatable bonds is 10. The van der Waals surface area contributed by atoms with Crippen LogP contribution in [0.1, 0.15) is 31.9 Å². The molecule has 0 N–H and O–H groups in total. The maximum absolute atomic E-state index is 6.00. The van der Waals surface area contributed by atoms with Gasteiger partial charge in [0, 0.05) is 31.4 Å². The summed E-state index contributed by atoms with van der Waals surface area (Å²) in [5.41, 5.74) is 2.71. The van der Waals surface area contributed by atoms with Gasteiger partial charge in [-0.2, -0.15) is 0 Å². The molecule has 1 aliphatic rings. The molecule has 0 spiro atoms. The second kappa shape index (κ2) is 9.50. The fourth-order valence-electron chi connectivity index (χ4n) is 2.86. The van der Waals surface area contributed by atoms with Crippen LogP contribution in [0.4, 0.5) is 0 Å². The molecule has 0 bridgehead atoms. The van der Waals surface area contributed by atoms with Crippen LogP contribution in [0.15, 0.2) is 18.2 Å². The fourth-order valence-corrected chi connectivity index (χ4v) is 7.17. The minimum Gasteiger partial charge on any atom is -0.519 e. The van der Waals surface area contributed by atoms with E-state index in [-0.39, 0.29) is 0 Å². The molecule has 1 unspecified atom stereocenters. The van der Waals surface area contributed by atoms with Gasteiger partial charge in [-0.15, -0.1) is 11.6 Å². The van der Waals surface area contributed by atoms with Crippen molar-refractivity contribution >= 4 is 29.0 Å². The van der Waals surface area contributed by atoms with Gasteiger partial charge in [0.2, 0.25) is 0 Å². The first kappa shape index (κ1) is 20.9. The van der Waals surface area contributed by atoms with Crippen LogP contribution in [0.25, 0.3) is 0 Å². The van der Waals surface area contributed by atoms with E-state index in [0.717, 1.165) is 23.8 Å². The molecule has 142 valence electrons. The molecule has 0 radical (unpaired) electrons. The summed E-state index contributed by atoms with van der Waals surface area (Å²) in [6.45, 7) is 10.3. The minimum atomic E-state index is -2.62. The van der Waals surface area contributed by atoms with Crippen molar-refractivity contribution in [1.29, 1.82) is 0 Å². The van der Waals surface area contributed by atoms with Crippen LogP contribution in [0.5, 0.6) is 5.75 Å². The van der Waals surface area contributed by atoms with Crippen molar-refractivity contribution in [2.24, 2.45) is 0 Å². The number of hydrogen-bond acceptors (Lipinski definition) is 5. The Bertz CT molecular complexity index is 543. The Morgan fingerprint density at radius 3 is 2.32 bits per heavy atom. The number of fused-ring (bicyclic) bond motifs is 1. The highest BCUT2D eigenvalue weighted by Gasteiger charge is 2.40. The lowest BCUT2D eigenvalue weighted by Crippen LogP contribution is -2.47. The third kappa shape index (κ3) is 5.53. The lowest BCUT2D eigenvalue weighted by atomic mass is 10.1. The summed E-state index contributed by atoms with van der Waals surface area (Å²) in [5.74, 6) is 0.896. The number of alkyl halides is 1. The Morgan fingerprint density at radius 2 is 1.76 bits per heavy atom. The van der Waals surface area contributed by atoms with Crippen LogP contribution in [0.2, 0.25) is 12.6 Å². The average Bonchev–Trinajstić information content (AvgIpc) is 2.61. The van der Waals surface area contributed by atoms with E-state index in [9.17, 15) is 0 Å². The molecule has 1 aromatic carbocycles. The third-order valence-corrected chi connectivity index (χ3v) is 10.4. The molecule has 0 amide bonds. The standard InChI is InChI=1S/C17H29ClO5Si2/c1-5-19-25(20-6-2,21-7-3)11-10-15-8-9-17-16(12-15)13-22-24(4,14-18)23-17/h8-9,12H,5-7,10-11,13-14H2,1-4H3. The summed E-state index contributed by atoms with van der Waals surface area (Å²) in [5, 5.41) is 0. The summed E-state index contributed by atoms with van der Waals surface area (Å²) in [7, 11) is -4.86. The molecule has 0 aliphatic carbocycles. The molecular formula is C17H29ClO5Si2. The van der Waals surface area contributed by atoms with Crippen LogP contribution in [0, 0.1) is 0 Å². The zero-order chi connectivity index (χ0) is 18.3. The molecule has 2 rings (SSSR count). The van der Waals surface area contributed by atoms with Gasteiger partial charge in [-0.3, -0.25) is 0 Å². The molecule has 1 heterocycles. The van der Waals surface area contributed by atoms with Gasteiger partial charge < -0.3 is 22.1 Å². The molecule has 1 atom stereocenters. The second-order valence-electron chi connectivity index (χ2n) is 6.08. The summed E-state index contributed by atoms with van der Waals surface area (Å²) in [6.07, 6.45) is 0.837. The fraction of sp³-hybridized carbons (Fsp3) is 0.647. The summed E-state index contributed by atoms with van der Waals surface area (Å²) in [4.78, 5) is 0. The smallest absolute Gasteiger partial charge is 0.501 e. The first-order chi connectivity index (χ1) is 12.0. The van der Waals surface area contributed by atoms with Crippen molar-refractivity contribution in [3.05, 3.63) is 29.3 Å². The van der Waals surface area contributed by atoms with E-state index in [1.165, 1.54) is 5.56 Å². The average molecular weight is 405 g/mol. The van der Waals surface area contributed by atoms with Crippen LogP contribution >= 0.6 is 11.6 Å². The highest BCUT2D eigenvalue weighted by Crippen LogP contribution is 2.31. The third-order valence-electron chi connectivity index (χ3n) is 4.04. The van der Waals surface area contributed by atoms with E-state index in [4.69, 9.17) is 33.7 Å². The monoisotopic (exact) mass is 404 g/mol. The SMILES string of the molecule is CCO[Si](CCc1ccc2c(c1)CO[Si](C)(CCl)O2)(OCC)OCC. The second-order valence-corrected chi connectivity index (χ2v) is 12.6. The van der Waals surface area contributed by atoms with Crippen LogP contribution in [0.3, 0.4) is 0 Å². The van der Waals surface area contributed by atoms with Crippen molar-refractivity contribution < 1.29 is 22.1 Å². The Balaban J connectivity index is 2.07. The van der Waals surface area contributed by atoms with Gasteiger partial charge in [0.1, 0.15) is 5.75 Å². The van der Waals surface area contributed by atoms with Gasteiger partial charge in [0.05, 0.1) is 12.1 Å². The van der Waals surface area contributed by atoms with Gasteiger partial charge in [-0.1, -0.05) is 6.07 Å². The van der Waals surface area contributed by atoms with E-state index in [1.54, 1.807) is 0 Å². The maximum Gasteiger partial charge on any atom is 0.501 e. The van der Waals surface area contributed by atoms with Crippen LogP contribution in [-0.4, -0.2) is 42.7 Å². The van der Waals surface area contributed by atoms with Crippen molar-refractivity contribution in [2.45, 2.75) is 46.4 Å². The van der Waals surface area contributed by atoms with Gasteiger partial charge in [-0.05, 0) is 51.4 Å². The zero-order valence-corrected chi connectivity index (χ0v) is 18.4.